The normalized spacial score (nSPS) is 17.9. The highest BCUT2D eigenvalue weighted by atomic mass is 19.1. The van der Waals surface area contributed by atoms with Crippen LogP contribution in [0.25, 0.3) is 0 Å². The van der Waals surface area contributed by atoms with Crippen LogP contribution in [0.4, 0.5) is 4.39 Å². The Kier molecular flexibility index (Phi) is 3.22. The monoisotopic (exact) mass is 257 g/mol. The Morgan fingerprint density at radius 3 is 2.74 bits per heavy atom. The maximum atomic E-state index is 14.4. The first kappa shape index (κ1) is 12.2. The summed E-state index contributed by atoms with van der Waals surface area (Å²) in [6.45, 7) is 0.859. The molecule has 2 aromatic rings. The molecule has 0 saturated heterocycles. The zero-order valence-electron chi connectivity index (χ0n) is 10.8. The Bertz CT molecular complexity index is 597. The number of hydrogen-bond donors (Lipinski definition) is 1. The number of nitrogens with one attached hydrogen (secondary N) is 1. The van der Waals surface area contributed by atoms with Crippen molar-refractivity contribution < 1.29 is 9.13 Å². The van der Waals surface area contributed by atoms with Crippen LogP contribution in [0.3, 0.4) is 0 Å². The molecule has 0 amide bonds. The largest absolute Gasteiger partial charge is 0.494 e. The van der Waals surface area contributed by atoms with Crippen LogP contribution < -0.4 is 10.1 Å². The molecule has 3 heteroatoms. The van der Waals surface area contributed by atoms with E-state index in [1.165, 1.54) is 12.7 Å². The predicted molar refractivity (Wildman–Crippen MR) is 72.9 cm³/mol. The van der Waals surface area contributed by atoms with Gasteiger partial charge in [-0.25, -0.2) is 4.39 Å². The molecule has 3 rings (SSSR count). The van der Waals surface area contributed by atoms with E-state index in [2.05, 4.69) is 17.4 Å². The second kappa shape index (κ2) is 5.02. The van der Waals surface area contributed by atoms with Crippen molar-refractivity contribution in [3.63, 3.8) is 0 Å². The van der Waals surface area contributed by atoms with Crippen molar-refractivity contribution in [1.82, 2.24) is 5.32 Å². The van der Waals surface area contributed by atoms with E-state index in [-0.39, 0.29) is 11.9 Å². The second-order valence-electron chi connectivity index (χ2n) is 4.70. The number of hydrogen-bond acceptors (Lipinski definition) is 2. The van der Waals surface area contributed by atoms with Crippen molar-refractivity contribution in [2.45, 2.75) is 12.5 Å². The van der Waals surface area contributed by atoms with E-state index in [4.69, 9.17) is 4.74 Å². The Balaban J connectivity index is 2.09. The molecule has 19 heavy (non-hydrogen) atoms. The number of methoxy groups -OCH3 is 1. The number of ether oxygens (including phenoxy) is 1. The van der Waals surface area contributed by atoms with Gasteiger partial charge in [0.2, 0.25) is 0 Å². The lowest BCUT2D eigenvalue weighted by atomic mass is 9.89. The molecule has 1 heterocycles. The van der Waals surface area contributed by atoms with E-state index in [1.54, 1.807) is 6.07 Å². The molecular weight excluding hydrogens is 241 g/mol. The topological polar surface area (TPSA) is 21.3 Å². The van der Waals surface area contributed by atoms with Crippen LogP contribution in [0, 0.1) is 5.82 Å². The van der Waals surface area contributed by atoms with E-state index in [9.17, 15) is 4.39 Å². The summed E-state index contributed by atoms with van der Waals surface area (Å²) in [5.41, 5.74) is 3.08. The van der Waals surface area contributed by atoms with Gasteiger partial charge in [0.25, 0.3) is 0 Å². The summed E-state index contributed by atoms with van der Waals surface area (Å²) in [4.78, 5) is 0. The Hall–Kier alpha value is -1.87. The van der Waals surface area contributed by atoms with E-state index in [1.807, 2.05) is 24.3 Å². The van der Waals surface area contributed by atoms with Gasteiger partial charge < -0.3 is 10.1 Å². The zero-order chi connectivity index (χ0) is 13.2. The van der Waals surface area contributed by atoms with E-state index in [0.717, 1.165) is 18.5 Å². The highest BCUT2D eigenvalue weighted by Gasteiger charge is 2.24. The summed E-state index contributed by atoms with van der Waals surface area (Å²) in [6.07, 6.45) is 0.984. The lowest BCUT2D eigenvalue weighted by Crippen LogP contribution is -2.31. The highest BCUT2D eigenvalue weighted by Crippen LogP contribution is 2.32. The zero-order valence-corrected chi connectivity index (χ0v) is 10.8. The molecule has 2 nitrogen and oxygen atoms in total. The number of rotatable bonds is 2. The molecule has 2 aromatic carbocycles. The van der Waals surface area contributed by atoms with Gasteiger partial charge in [-0.05, 0) is 23.6 Å². The SMILES string of the molecule is COc1cccc(C2NCCc3ccccc32)c1F. The van der Waals surface area contributed by atoms with Gasteiger partial charge in [0.1, 0.15) is 0 Å². The van der Waals surface area contributed by atoms with Crippen molar-refractivity contribution in [1.29, 1.82) is 0 Å². The van der Waals surface area contributed by atoms with Crippen LogP contribution in [0.1, 0.15) is 22.7 Å². The molecule has 0 fully saturated rings. The van der Waals surface area contributed by atoms with Crippen molar-refractivity contribution in [3.05, 3.63) is 65.0 Å². The van der Waals surface area contributed by atoms with Crippen molar-refractivity contribution in [2.75, 3.05) is 13.7 Å². The predicted octanol–water partition coefficient (Wildman–Crippen LogP) is 3.07. The molecule has 0 aliphatic carbocycles. The van der Waals surface area contributed by atoms with Gasteiger partial charge in [-0.2, -0.15) is 0 Å². The fourth-order valence-electron chi connectivity index (χ4n) is 2.69. The molecule has 1 unspecified atom stereocenters. The Morgan fingerprint density at radius 1 is 1.11 bits per heavy atom. The summed E-state index contributed by atoms with van der Waals surface area (Å²) in [5.74, 6) is 0.0153. The standard InChI is InChI=1S/C16H16FNO/c1-19-14-8-4-7-13(15(14)17)16-12-6-3-2-5-11(12)9-10-18-16/h2-8,16,18H,9-10H2,1H3. The molecule has 1 atom stereocenters. The van der Waals surface area contributed by atoms with Gasteiger partial charge in [0.15, 0.2) is 11.6 Å². The molecule has 0 spiro atoms. The fourth-order valence-corrected chi connectivity index (χ4v) is 2.69. The molecular formula is C16H16FNO. The summed E-state index contributed by atoms with van der Waals surface area (Å²) in [7, 11) is 1.49. The maximum absolute atomic E-state index is 14.4. The van der Waals surface area contributed by atoms with Crippen molar-refractivity contribution >= 4 is 0 Å². The lowest BCUT2D eigenvalue weighted by molar-refractivity contribution is 0.381. The van der Waals surface area contributed by atoms with Crippen LogP contribution in [0.2, 0.25) is 0 Å². The average Bonchev–Trinajstić information content (AvgIpc) is 2.47. The van der Waals surface area contributed by atoms with Gasteiger partial charge in [-0.3, -0.25) is 0 Å². The first-order valence-electron chi connectivity index (χ1n) is 6.45. The van der Waals surface area contributed by atoms with E-state index in [0.29, 0.717) is 11.3 Å². The third-order valence-electron chi connectivity index (χ3n) is 3.63. The van der Waals surface area contributed by atoms with Crippen LogP contribution in [-0.2, 0) is 6.42 Å². The van der Waals surface area contributed by atoms with E-state index < -0.39 is 0 Å². The first-order valence-corrected chi connectivity index (χ1v) is 6.45. The smallest absolute Gasteiger partial charge is 0.170 e. The van der Waals surface area contributed by atoms with Crippen LogP contribution in [0.5, 0.6) is 5.75 Å². The number of benzene rings is 2. The first-order chi connectivity index (χ1) is 9.31. The number of halogens is 1. The quantitative estimate of drug-likeness (QED) is 0.892. The molecule has 1 aliphatic heterocycles. The summed E-state index contributed by atoms with van der Waals surface area (Å²) in [6, 6.07) is 13.4. The molecule has 0 aromatic heterocycles. The maximum Gasteiger partial charge on any atom is 0.170 e. The summed E-state index contributed by atoms with van der Waals surface area (Å²) in [5, 5.41) is 3.39. The Labute approximate surface area is 112 Å². The fraction of sp³-hybridized carbons (Fsp3) is 0.250. The molecule has 0 saturated carbocycles. The molecule has 1 N–H and O–H groups in total. The van der Waals surface area contributed by atoms with Crippen LogP contribution >= 0.6 is 0 Å². The lowest BCUT2D eigenvalue weighted by Gasteiger charge is -2.27. The van der Waals surface area contributed by atoms with Gasteiger partial charge in [-0.15, -0.1) is 0 Å². The summed E-state index contributed by atoms with van der Waals surface area (Å²) < 4.78 is 19.4. The van der Waals surface area contributed by atoms with Crippen molar-refractivity contribution in [2.24, 2.45) is 0 Å². The third kappa shape index (κ3) is 2.10. The molecule has 98 valence electrons. The second-order valence-corrected chi connectivity index (χ2v) is 4.70. The molecule has 0 bridgehead atoms. The minimum atomic E-state index is -0.279. The van der Waals surface area contributed by atoms with Gasteiger partial charge in [-0.1, -0.05) is 36.4 Å². The number of fused-ring (bicyclic) bond motifs is 1. The van der Waals surface area contributed by atoms with E-state index >= 15 is 0 Å². The highest BCUT2D eigenvalue weighted by molar-refractivity contribution is 5.42. The van der Waals surface area contributed by atoms with Crippen molar-refractivity contribution in [3.8, 4) is 5.75 Å². The van der Waals surface area contributed by atoms with Crippen LogP contribution in [0.15, 0.2) is 42.5 Å². The van der Waals surface area contributed by atoms with Gasteiger partial charge in [0, 0.05) is 12.1 Å². The minimum absolute atomic E-state index is 0.0972. The summed E-state index contributed by atoms with van der Waals surface area (Å²) >= 11 is 0. The molecule has 1 aliphatic rings. The van der Waals surface area contributed by atoms with Gasteiger partial charge >= 0.3 is 0 Å². The average molecular weight is 257 g/mol. The Morgan fingerprint density at radius 2 is 1.89 bits per heavy atom. The minimum Gasteiger partial charge on any atom is -0.494 e. The molecule has 0 radical (unpaired) electrons. The van der Waals surface area contributed by atoms with Gasteiger partial charge in [0.05, 0.1) is 13.2 Å². The third-order valence-corrected chi connectivity index (χ3v) is 3.63. The van der Waals surface area contributed by atoms with Crippen LogP contribution in [-0.4, -0.2) is 13.7 Å².